The summed E-state index contributed by atoms with van der Waals surface area (Å²) < 4.78 is 10.2. The lowest BCUT2D eigenvalue weighted by Gasteiger charge is -2.12. The van der Waals surface area contributed by atoms with Gasteiger partial charge in [-0.05, 0) is 36.8 Å². The molecule has 0 spiro atoms. The van der Waals surface area contributed by atoms with Crippen LogP contribution in [-0.4, -0.2) is 18.1 Å². The first-order valence-electron chi connectivity index (χ1n) is 5.82. The van der Waals surface area contributed by atoms with Crippen LogP contribution in [0.5, 0.6) is 5.75 Å². The molecule has 2 N–H and O–H groups in total. The number of rotatable bonds is 4. The highest BCUT2D eigenvalue weighted by Crippen LogP contribution is 2.28. The third kappa shape index (κ3) is 2.95. The van der Waals surface area contributed by atoms with Crippen molar-refractivity contribution in [1.29, 1.82) is 0 Å². The van der Waals surface area contributed by atoms with Gasteiger partial charge in [0, 0.05) is 0 Å². The van der Waals surface area contributed by atoms with Crippen LogP contribution < -0.4 is 10.1 Å². The maximum atomic E-state index is 11.9. The molecule has 1 unspecified atom stereocenters. The van der Waals surface area contributed by atoms with Gasteiger partial charge in [0.05, 0.1) is 25.2 Å². The highest BCUT2D eigenvalue weighted by Gasteiger charge is 2.13. The average molecular weight is 261 g/mol. The van der Waals surface area contributed by atoms with Gasteiger partial charge in [-0.2, -0.15) is 0 Å². The van der Waals surface area contributed by atoms with Crippen molar-refractivity contribution in [2.45, 2.75) is 13.0 Å². The first kappa shape index (κ1) is 13.2. The molecule has 0 aliphatic rings. The van der Waals surface area contributed by atoms with Crippen molar-refractivity contribution in [2.75, 3.05) is 12.4 Å². The van der Waals surface area contributed by atoms with Crippen LogP contribution in [0.4, 0.5) is 5.69 Å². The van der Waals surface area contributed by atoms with E-state index in [1.54, 1.807) is 37.3 Å². The summed E-state index contributed by atoms with van der Waals surface area (Å²) in [6.45, 7) is 1.65. The minimum absolute atomic E-state index is 0.213. The normalized spacial score (nSPS) is 11.9. The van der Waals surface area contributed by atoms with Gasteiger partial charge in [0.25, 0.3) is 5.91 Å². The fourth-order valence-electron chi connectivity index (χ4n) is 1.67. The molecule has 0 fully saturated rings. The van der Waals surface area contributed by atoms with Crippen molar-refractivity contribution in [2.24, 2.45) is 0 Å². The molecular weight excluding hydrogens is 246 g/mol. The van der Waals surface area contributed by atoms with E-state index in [1.807, 2.05) is 0 Å². The average Bonchev–Trinajstić information content (AvgIpc) is 2.92. The number of benzene rings is 1. The highest BCUT2D eigenvalue weighted by atomic mass is 16.5. The van der Waals surface area contributed by atoms with Crippen LogP contribution in [-0.2, 0) is 0 Å². The second kappa shape index (κ2) is 5.58. The zero-order valence-corrected chi connectivity index (χ0v) is 10.7. The number of carbonyl (C=O) groups excluding carboxylic acids is 1. The Hall–Kier alpha value is -2.27. The predicted molar refractivity (Wildman–Crippen MR) is 70.3 cm³/mol. The number of aliphatic hydroxyl groups excluding tert-OH is 1. The molecule has 0 radical (unpaired) electrons. The highest BCUT2D eigenvalue weighted by molar-refractivity contribution is 6.03. The molecule has 0 saturated heterocycles. The Morgan fingerprint density at radius 3 is 2.79 bits per heavy atom. The Labute approximate surface area is 110 Å². The summed E-state index contributed by atoms with van der Waals surface area (Å²) in [6.07, 6.45) is 0.809. The summed E-state index contributed by atoms with van der Waals surface area (Å²) in [6, 6.07) is 8.31. The van der Waals surface area contributed by atoms with Gasteiger partial charge >= 0.3 is 0 Å². The quantitative estimate of drug-likeness (QED) is 0.887. The molecule has 1 heterocycles. The van der Waals surface area contributed by atoms with Crippen LogP contribution in [0.1, 0.15) is 29.1 Å². The maximum Gasteiger partial charge on any atom is 0.291 e. The lowest BCUT2D eigenvalue weighted by molar-refractivity contribution is 0.0996. The third-order valence-electron chi connectivity index (χ3n) is 2.70. The molecule has 1 aromatic carbocycles. The van der Waals surface area contributed by atoms with Crippen molar-refractivity contribution in [3.8, 4) is 5.75 Å². The van der Waals surface area contributed by atoms with Crippen LogP contribution in [0.2, 0.25) is 0 Å². The van der Waals surface area contributed by atoms with E-state index in [9.17, 15) is 9.90 Å². The van der Waals surface area contributed by atoms with E-state index in [0.29, 0.717) is 17.0 Å². The smallest absolute Gasteiger partial charge is 0.291 e. The number of nitrogens with one attached hydrogen (secondary N) is 1. The number of hydrogen-bond acceptors (Lipinski definition) is 4. The number of carbonyl (C=O) groups is 1. The van der Waals surface area contributed by atoms with Crippen LogP contribution in [0.3, 0.4) is 0 Å². The summed E-state index contributed by atoms with van der Waals surface area (Å²) in [4.78, 5) is 11.9. The maximum absolute atomic E-state index is 11.9. The van der Waals surface area contributed by atoms with Crippen LogP contribution >= 0.6 is 0 Å². The van der Waals surface area contributed by atoms with Crippen molar-refractivity contribution in [3.05, 3.63) is 47.9 Å². The largest absolute Gasteiger partial charge is 0.495 e. The lowest BCUT2D eigenvalue weighted by atomic mass is 10.1. The Morgan fingerprint density at radius 2 is 2.21 bits per heavy atom. The minimum Gasteiger partial charge on any atom is -0.495 e. The summed E-state index contributed by atoms with van der Waals surface area (Å²) in [5, 5.41) is 12.2. The molecule has 100 valence electrons. The van der Waals surface area contributed by atoms with E-state index < -0.39 is 6.10 Å². The van der Waals surface area contributed by atoms with Gasteiger partial charge in [-0.3, -0.25) is 4.79 Å². The van der Waals surface area contributed by atoms with Gasteiger partial charge in [0.1, 0.15) is 5.75 Å². The molecule has 0 aliphatic heterocycles. The Kier molecular flexibility index (Phi) is 3.87. The van der Waals surface area contributed by atoms with Crippen LogP contribution in [0, 0.1) is 0 Å². The molecule has 1 aromatic heterocycles. The van der Waals surface area contributed by atoms with Gasteiger partial charge in [0.15, 0.2) is 5.76 Å². The van der Waals surface area contributed by atoms with E-state index in [4.69, 9.17) is 9.15 Å². The molecule has 5 heteroatoms. The molecule has 2 aromatic rings. The van der Waals surface area contributed by atoms with E-state index in [1.165, 1.54) is 13.4 Å². The van der Waals surface area contributed by atoms with E-state index in [2.05, 4.69) is 5.32 Å². The molecule has 1 atom stereocenters. The molecular formula is C14H15NO4. The zero-order chi connectivity index (χ0) is 13.8. The minimum atomic E-state index is -0.620. The molecule has 0 bridgehead atoms. The number of amides is 1. The number of anilines is 1. The Bertz CT molecular complexity index is 561. The van der Waals surface area contributed by atoms with E-state index >= 15 is 0 Å². The van der Waals surface area contributed by atoms with Crippen LogP contribution in [0.25, 0.3) is 0 Å². The fraction of sp³-hybridized carbons (Fsp3) is 0.214. The van der Waals surface area contributed by atoms with Crippen LogP contribution in [0.15, 0.2) is 41.0 Å². The van der Waals surface area contributed by atoms with Gasteiger partial charge in [-0.25, -0.2) is 0 Å². The zero-order valence-electron chi connectivity index (χ0n) is 10.7. The van der Waals surface area contributed by atoms with Gasteiger partial charge in [-0.1, -0.05) is 6.07 Å². The van der Waals surface area contributed by atoms with E-state index in [0.717, 1.165) is 0 Å². The SMILES string of the molecule is COc1ccc(C(C)O)cc1NC(=O)c1ccco1. The Balaban J connectivity index is 2.27. The monoisotopic (exact) mass is 261 g/mol. The number of ether oxygens (including phenoxy) is 1. The Morgan fingerprint density at radius 1 is 1.42 bits per heavy atom. The topological polar surface area (TPSA) is 71.7 Å². The molecule has 0 aliphatic carbocycles. The molecule has 0 saturated carbocycles. The first-order chi connectivity index (χ1) is 9.11. The second-order valence-corrected chi connectivity index (χ2v) is 4.07. The summed E-state index contributed by atoms with van der Waals surface area (Å²) in [7, 11) is 1.51. The van der Waals surface area contributed by atoms with Gasteiger partial charge < -0.3 is 19.6 Å². The first-order valence-corrected chi connectivity index (χ1v) is 5.82. The standard InChI is InChI=1S/C14H15NO4/c1-9(16)10-5-6-12(18-2)11(8-10)15-14(17)13-4-3-7-19-13/h3-9,16H,1-2H3,(H,15,17). The third-order valence-corrected chi connectivity index (χ3v) is 2.70. The fourth-order valence-corrected chi connectivity index (χ4v) is 1.67. The molecule has 19 heavy (non-hydrogen) atoms. The summed E-state index contributed by atoms with van der Waals surface area (Å²) >= 11 is 0. The van der Waals surface area contributed by atoms with Crippen molar-refractivity contribution in [3.63, 3.8) is 0 Å². The lowest BCUT2D eigenvalue weighted by Crippen LogP contribution is -2.12. The number of hydrogen-bond donors (Lipinski definition) is 2. The van der Waals surface area contributed by atoms with E-state index in [-0.39, 0.29) is 11.7 Å². The number of furan rings is 1. The van der Waals surface area contributed by atoms with Crippen molar-refractivity contribution in [1.82, 2.24) is 0 Å². The van der Waals surface area contributed by atoms with Gasteiger partial charge in [-0.15, -0.1) is 0 Å². The van der Waals surface area contributed by atoms with Crippen molar-refractivity contribution < 1.29 is 19.1 Å². The van der Waals surface area contributed by atoms with Gasteiger partial charge in [0.2, 0.25) is 0 Å². The summed E-state index contributed by atoms with van der Waals surface area (Å²) in [5.74, 6) is 0.361. The number of methoxy groups -OCH3 is 1. The summed E-state index contributed by atoms with van der Waals surface area (Å²) in [5.41, 5.74) is 1.18. The van der Waals surface area contributed by atoms with Crippen molar-refractivity contribution >= 4 is 11.6 Å². The molecule has 5 nitrogen and oxygen atoms in total. The molecule has 1 amide bonds. The molecule has 2 rings (SSSR count). The second-order valence-electron chi connectivity index (χ2n) is 4.07. The predicted octanol–water partition coefficient (Wildman–Crippen LogP) is 2.59. The number of aliphatic hydroxyl groups is 1.